The summed E-state index contributed by atoms with van der Waals surface area (Å²) in [7, 11) is 0. The normalized spacial score (nSPS) is 25.0. The lowest BCUT2D eigenvalue weighted by molar-refractivity contribution is 0.0727. The molecule has 0 spiro atoms. The molecule has 0 aromatic rings. The van der Waals surface area contributed by atoms with Gasteiger partial charge < -0.3 is 5.11 Å². The summed E-state index contributed by atoms with van der Waals surface area (Å²) < 4.78 is 41.8. The third-order valence-corrected chi connectivity index (χ3v) is 0.631. The van der Waals surface area contributed by atoms with Crippen molar-refractivity contribution in [2.24, 2.45) is 0 Å². The van der Waals surface area contributed by atoms with E-state index < -0.39 is 25.7 Å². The van der Waals surface area contributed by atoms with E-state index >= 15 is 0 Å². The van der Waals surface area contributed by atoms with Crippen LogP contribution in [-0.4, -0.2) is 10.7 Å². The second kappa shape index (κ2) is 2.74. The van der Waals surface area contributed by atoms with E-state index in [0.29, 0.717) is 0 Å². The van der Waals surface area contributed by atoms with Gasteiger partial charge in [-0.2, -0.15) is 0 Å². The van der Waals surface area contributed by atoms with Crippen LogP contribution in [0.5, 0.6) is 0 Å². The molecule has 0 aliphatic heterocycles. The molecule has 0 unspecified atom stereocenters. The lowest BCUT2D eigenvalue weighted by Crippen LogP contribution is -2.17. The molecule has 8 heavy (non-hydrogen) atoms. The van der Waals surface area contributed by atoms with Crippen molar-refractivity contribution >= 4 is 0 Å². The van der Waals surface area contributed by atoms with Gasteiger partial charge in [-0.25, -0.2) is 0 Å². The Balaban J connectivity index is 4.99. The second-order valence-corrected chi connectivity index (χ2v) is 1.56. The molecule has 0 saturated heterocycles. The third kappa shape index (κ3) is 5.52. The van der Waals surface area contributed by atoms with Gasteiger partial charge in [-0.15, -0.1) is 12.3 Å². The molecular formula is C7H12O. The summed E-state index contributed by atoms with van der Waals surface area (Å²) in [5, 5.41) is 9.59. The van der Waals surface area contributed by atoms with Gasteiger partial charge in [0.15, 0.2) is 0 Å². The molecule has 1 N–H and O–H groups in total. The summed E-state index contributed by atoms with van der Waals surface area (Å²) in [5.74, 6) is 2.11. The highest BCUT2D eigenvalue weighted by atomic mass is 16.3. The van der Waals surface area contributed by atoms with Crippen molar-refractivity contribution in [1.29, 1.82) is 0 Å². The molecule has 0 saturated carbocycles. The van der Waals surface area contributed by atoms with Crippen molar-refractivity contribution in [1.82, 2.24) is 0 Å². The maximum Gasteiger partial charge on any atom is 0.0600 e. The van der Waals surface area contributed by atoms with Gasteiger partial charge in [-0.05, 0) is 20.1 Å². The zero-order valence-electron chi connectivity index (χ0n) is 10.4. The number of hydrogen-bond acceptors (Lipinski definition) is 1. The molecule has 1 heteroatoms. The molecule has 0 fully saturated rings. The van der Waals surface area contributed by atoms with Gasteiger partial charge in [0.05, 0.1) is 5.60 Å². The van der Waals surface area contributed by atoms with Crippen molar-refractivity contribution in [3.63, 3.8) is 0 Å². The maximum absolute atomic E-state index is 9.59. The summed E-state index contributed by atoms with van der Waals surface area (Å²) in [6.07, 6.45) is 4.34. The lowest BCUT2D eigenvalue weighted by atomic mass is 10.0. The molecule has 0 bridgehead atoms. The van der Waals surface area contributed by atoms with Crippen LogP contribution >= 0.6 is 0 Å². The molecule has 0 amide bonds. The zero-order chi connectivity index (χ0) is 11.6. The molecule has 0 radical (unpaired) electrons. The van der Waals surface area contributed by atoms with Crippen molar-refractivity contribution < 1.29 is 13.3 Å². The van der Waals surface area contributed by atoms with Crippen LogP contribution in [0.2, 0.25) is 0 Å². The van der Waals surface area contributed by atoms with E-state index in [1.165, 1.54) is 0 Å². The van der Waals surface area contributed by atoms with Gasteiger partial charge in [-0.3, -0.25) is 0 Å². The molecule has 0 aromatic carbocycles. The van der Waals surface area contributed by atoms with Crippen LogP contribution in [-0.2, 0) is 0 Å². The fourth-order valence-corrected chi connectivity index (χ4v) is 0.253. The predicted octanol–water partition coefficient (Wildman–Crippen LogP) is 1.17. The van der Waals surface area contributed by atoms with Crippen LogP contribution in [0.1, 0.15) is 34.8 Å². The number of rotatable bonds is 2. The Bertz CT molecular complexity index is 218. The Morgan fingerprint density at radius 1 is 1.88 bits per heavy atom. The Morgan fingerprint density at radius 2 is 2.50 bits per heavy atom. The average Bonchev–Trinajstić information content (AvgIpc) is 1.95. The zero-order valence-corrected chi connectivity index (χ0v) is 4.44. The summed E-state index contributed by atoms with van der Waals surface area (Å²) in [5.41, 5.74) is -2.72. The van der Waals surface area contributed by atoms with Gasteiger partial charge in [-0.1, -0.05) is 0 Å². The van der Waals surface area contributed by atoms with Gasteiger partial charge >= 0.3 is 0 Å². The van der Waals surface area contributed by atoms with E-state index in [1.807, 2.05) is 0 Å². The van der Waals surface area contributed by atoms with Crippen molar-refractivity contribution in [3.8, 4) is 12.3 Å². The van der Waals surface area contributed by atoms with Gasteiger partial charge in [0, 0.05) is 14.6 Å². The fraction of sp³-hybridized carbons (Fsp3) is 0.714. The lowest BCUT2D eigenvalue weighted by Gasteiger charge is -2.13. The predicted molar refractivity (Wildman–Crippen MR) is 34.4 cm³/mol. The summed E-state index contributed by atoms with van der Waals surface area (Å²) in [4.78, 5) is 0. The van der Waals surface area contributed by atoms with E-state index in [1.54, 1.807) is 0 Å². The van der Waals surface area contributed by atoms with Crippen LogP contribution in [0.25, 0.3) is 0 Å². The van der Waals surface area contributed by atoms with Crippen LogP contribution in [0.3, 0.4) is 0 Å². The Kier molecular flexibility index (Phi) is 0.698. The average molecular weight is 118 g/mol. The SMILES string of the molecule is [2H]C([2H])([2H])C(O)(CCC#C)C([2H])([2H])[2H]. The highest BCUT2D eigenvalue weighted by Gasteiger charge is 2.09. The van der Waals surface area contributed by atoms with Gasteiger partial charge in [0.1, 0.15) is 0 Å². The minimum absolute atomic E-state index is 0.0900. The summed E-state index contributed by atoms with van der Waals surface area (Å²) in [6, 6.07) is 0. The topological polar surface area (TPSA) is 20.2 Å². The molecule has 1 nitrogen and oxygen atoms in total. The van der Waals surface area contributed by atoms with E-state index in [0.717, 1.165) is 0 Å². The number of aliphatic hydroxyl groups is 1. The van der Waals surface area contributed by atoms with Crippen LogP contribution in [0, 0.1) is 12.3 Å². The minimum Gasteiger partial charge on any atom is -0.390 e. The van der Waals surface area contributed by atoms with E-state index in [2.05, 4.69) is 5.92 Å². The van der Waals surface area contributed by atoms with Crippen molar-refractivity contribution in [3.05, 3.63) is 0 Å². The molecule has 0 aliphatic rings. The number of hydrogen-bond donors (Lipinski definition) is 1. The fourth-order valence-electron chi connectivity index (χ4n) is 0.253. The van der Waals surface area contributed by atoms with E-state index in [4.69, 9.17) is 14.6 Å². The Morgan fingerprint density at radius 3 is 2.88 bits per heavy atom. The largest absolute Gasteiger partial charge is 0.390 e. The Labute approximate surface area is 59.2 Å². The summed E-state index contributed by atoms with van der Waals surface area (Å²) >= 11 is 0. The second-order valence-electron chi connectivity index (χ2n) is 1.56. The van der Waals surface area contributed by atoms with Gasteiger partial charge in [0.2, 0.25) is 0 Å². The van der Waals surface area contributed by atoms with E-state index in [-0.39, 0.29) is 6.42 Å². The molecule has 0 rings (SSSR count). The van der Waals surface area contributed by atoms with Crippen molar-refractivity contribution in [2.75, 3.05) is 0 Å². The first-order valence-corrected chi connectivity index (χ1v) is 2.22. The first-order chi connectivity index (χ1) is 6.06. The molecule has 46 valence electrons. The third-order valence-electron chi connectivity index (χ3n) is 0.631. The molecule has 0 aliphatic carbocycles. The first-order valence-electron chi connectivity index (χ1n) is 5.22. The highest BCUT2D eigenvalue weighted by molar-refractivity contribution is 4.85. The van der Waals surface area contributed by atoms with Gasteiger partial charge in [0.25, 0.3) is 0 Å². The maximum atomic E-state index is 9.59. The molecular weight excluding hydrogens is 100 g/mol. The van der Waals surface area contributed by atoms with Crippen LogP contribution in [0.15, 0.2) is 0 Å². The van der Waals surface area contributed by atoms with Crippen LogP contribution in [0.4, 0.5) is 0 Å². The van der Waals surface area contributed by atoms with Crippen LogP contribution < -0.4 is 0 Å². The molecule has 0 atom stereocenters. The monoisotopic (exact) mass is 118 g/mol. The standard InChI is InChI=1S/C7H12O/c1-4-5-6-7(2,3)8/h1,8H,5-6H2,2-3H3/i2D3,3D3. The Hall–Kier alpha value is -0.480. The molecule has 0 heterocycles. The minimum atomic E-state index is -2.96. The van der Waals surface area contributed by atoms with Crippen molar-refractivity contribution in [2.45, 2.75) is 32.1 Å². The molecule has 0 aromatic heterocycles. The highest BCUT2D eigenvalue weighted by Crippen LogP contribution is 2.08. The smallest absolute Gasteiger partial charge is 0.0600 e. The quantitative estimate of drug-likeness (QED) is 0.540. The first kappa shape index (κ1) is 2.04. The number of terminal acetylenes is 1. The summed E-state index contributed by atoms with van der Waals surface area (Å²) in [6.45, 7) is -5.93. The van der Waals surface area contributed by atoms with E-state index in [9.17, 15) is 5.11 Å².